The van der Waals surface area contributed by atoms with Crippen molar-refractivity contribution in [2.45, 2.75) is 20.0 Å². The minimum atomic E-state index is -2.17. The van der Waals surface area contributed by atoms with E-state index in [1.165, 1.54) is 23.0 Å². The quantitative estimate of drug-likeness (QED) is 0.203. The van der Waals surface area contributed by atoms with Crippen LogP contribution in [0.5, 0.6) is 5.75 Å². The summed E-state index contributed by atoms with van der Waals surface area (Å²) in [6.45, 7) is 3.86. The van der Waals surface area contributed by atoms with E-state index >= 15 is 0 Å². The third kappa shape index (κ3) is 4.15. The molecule has 4 nitrogen and oxygen atoms in total. The fourth-order valence-corrected chi connectivity index (χ4v) is 9.05. The zero-order valence-electron chi connectivity index (χ0n) is 19.1. The Morgan fingerprint density at radius 2 is 1.21 bits per heavy atom. The fraction of sp³-hybridized carbons (Fsp3) is 0.143. The first kappa shape index (κ1) is 22.7. The molecule has 0 heterocycles. The number of ether oxygens (including phenoxy) is 1. The third-order valence-corrected chi connectivity index (χ3v) is 10.6. The maximum atomic E-state index is 12.0. The molecule has 4 rings (SSSR count). The van der Waals surface area contributed by atoms with E-state index in [4.69, 9.17) is 4.74 Å². The monoisotopic (exact) mass is 456 g/mol. The highest BCUT2D eigenvalue weighted by Crippen LogP contribution is 2.59. The van der Waals surface area contributed by atoms with Crippen molar-refractivity contribution in [1.29, 1.82) is 0 Å². The third-order valence-electron chi connectivity index (χ3n) is 6.25. The van der Waals surface area contributed by atoms with Gasteiger partial charge in [0, 0.05) is 11.1 Å². The summed E-state index contributed by atoms with van der Waals surface area (Å²) in [4.78, 5) is 11.6. The second-order valence-corrected chi connectivity index (χ2v) is 11.6. The van der Waals surface area contributed by atoms with E-state index in [1.54, 1.807) is 6.07 Å². The number of methoxy groups -OCH3 is 1. The summed E-state index contributed by atoms with van der Waals surface area (Å²) >= 11 is 0. The summed E-state index contributed by atoms with van der Waals surface area (Å²) < 4.78 is 5.37. The Hall–Kier alpha value is -3.49. The number of nitro groups is 1. The lowest BCUT2D eigenvalue weighted by Crippen LogP contribution is -2.32. The van der Waals surface area contributed by atoms with Crippen molar-refractivity contribution in [1.82, 2.24) is 0 Å². The van der Waals surface area contributed by atoms with Gasteiger partial charge in [0.05, 0.1) is 18.2 Å². The smallest absolute Gasteiger partial charge is 0.314 e. The Bertz CT molecular complexity index is 1160. The van der Waals surface area contributed by atoms with Gasteiger partial charge in [0.15, 0.2) is 5.75 Å². The summed E-state index contributed by atoms with van der Waals surface area (Å²) in [5, 5.41) is 15.7. The Labute approximate surface area is 195 Å². The van der Waals surface area contributed by atoms with Crippen molar-refractivity contribution < 1.29 is 9.66 Å². The summed E-state index contributed by atoms with van der Waals surface area (Å²) in [6.07, 6.45) is 0.688. The lowest BCUT2D eigenvalue weighted by Gasteiger charge is -2.29. The van der Waals surface area contributed by atoms with E-state index in [0.717, 1.165) is 11.1 Å². The Balaban J connectivity index is 2.06. The van der Waals surface area contributed by atoms with Crippen LogP contribution in [0.2, 0.25) is 0 Å². The van der Waals surface area contributed by atoms with Crippen molar-refractivity contribution >= 4 is 28.9 Å². The molecule has 0 bridgehead atoms. The molecule has 4 aromatic carbocycles. The minimum Gasteiger partial charge on any atom is -0.490 e. The molecule has 0 aliphatic rings. The van der Waals surface area contributed by atoms with E-state index in [2.05, 4.69) is 72.8 Å². The van der Waals surface area contributed by atoms with Crippen LogP contribution in [0.25, 0.3) is 0 Å². The number of hydrogen-bond donors (Lipinski definition) is 0. The molecule has 0 saturated carbocycles. The maximum Gasteiger partial charge on any atom is 0.314 e. The van der Waals surface area contributed by atoms with Crippen molar-refractivity contribution in [2.24, 2.45) is 0 Å². The first-order valence-electron chi connectivity index (χ1n) is 10.9. The molecule has 4 aromatic rings. The number of hydrogen-bond acceptors (Lipinski definition) is 3. The SMILES string of the molecule is COc1cc(C)c(C[P+](c2ccccc2)(c2ccccc2)c2ccccc2)c(C)c1[N+](=O)[O-]. The maximum absolute atomic E-state index is 12.0. The molecule has 0 aliphatic carbocycles. The zero-order chi connectivity index (χ0) is 23.4. The Kier molecular flexibility index (Phi) is 6.57. The minimum absolute atomic E-state index is 0.0467. The molecule has 0 saturated heterocycles. The van der Waals surface area contributed by atoms with Gasteiger partial charge in [-0.1, -0.05) is 54.6 Å². The van der Waals surface area contributed by atoms with Gasteiger partial charge in [0.1, 0.15) is 23.2 Å². The molecule has 166 valence electrons. The molecular formula is C28H27NO3P+. The van der Waals surface area contributed by atoms with Gasteiger partial charge in [-0.15, -0.1) is 0 Å². The van der Waals surface area contributed by atoms with Crippen LogP contribution in [-0.2, 0) is 6.16 Å². The molecular weight excluding hydrogens is 429 g/mol. The van der Waals surface area contributed by atoms with Crippen molar-refractivity contribution in [3.05, 3.63) is 124 Å². The lowest BCUT2D eigenvalue weighted by molar-refractivity contribution is -0.386. The standard InChI is InChI=1S/C28H27NO3P/c1-21-19-27(32-3)28(29(30)31)22(2)26(21)20-33(23-13-7-4-8-14-23,24-15-9-5-10-16-24)25-17-11-6-12-18-25/h4-19H,20H2,1-3H3/q+1. The van der Waals surface area contributed by atoms with Gasteiger partial charge < -0.3 is 4.74 Å². The van der Waals surface area contributed by atoms with Crippen LogP contribution in [0.1, 0.15) is 16.7 Å². The zero-order valence-corrected chi connectivity index (χ0v) is 20.0. The van der Waals surface area contributed by atoms with E-state index < -0.39 is 7.26 Å². The summed E-state index contributed by atoms with van der Waals surface area (Å²) in [6, 6.07) is 33.5. The number of rotatable bonds is 7. The molecule has 0 aromatic heterocycles. The highest BCUT2D eigenvalue weighted by Gasteiger charge is 2.46. The van der Waals surface area contributed by atoms with Gasteiger partial charge >= 0.3 is 5.69 Å². The van der Waals surface area contributed by atoms with E-state index in [9.17, 15) is 10.1 Å². The van der Waals surface area contributed by atoms with Crippen LogP contribution in [0.3, 0.4) is 0 Å². The molecule has 5 heteroatoms. The van der Waals surface area contributed by atoms with Crippen molar-refractivity contribution in [3.63, 3.8) is 0 Å². The summed E-state index contributed by atoms with van der Waals surface area (Å²) in [5.74, 6) is 0.307. The fourth-order valence-electron chi connectivity index (χ4n) is 4.61. The first-order valence-corrected chi connectivity index (χ1v) is 12.8. The van der Waals surface area contributed by atoms with Gasteiger partial charge in [-0.3, -0.25) is 10.1 Å². The molecule has 0 spiro atoms. The van der Waals surface area contributed by atoms with Gasteiger partial charge in [-0.25, -0.2) is 0 Å². The Morgan fingerprint density at radius 3 is 1.58 bits per heavy atom. The molecule has 33 heavy (non-hydrogen) atoms. The van der Waals surface area contributed by atoms with Crippen molar-refractivity contribution in [2.75, 3.05) is 7.11 Å². The highest BCUT2D eigenvalue weighted by atomic mass is 31.2. The van der Waals surface area contributed by atoms with Crippen LogP contribution in [0.4, 0.5) is 5.69 Å². The van der Waals surface area contributed by atoms with Crippen LogP contribution in [0, 0.1) is 24.0 Å². The van der Waals surface area contributed by atoms with Crippen LogP contribution in [0.15, 0.2) is 97.1 Å². The largest absolute Gasteiger partial charge is 0.490 e. The number of nitrogens with zero attached hydrogens (tertiary/aromatic N) is 1. The molecule has 0 fully saturated rings. The average molecular weight is 457 g/mol. The molecule has 0 radical (unpaired) electrons. The van der Waals surface area contributed by atoms with Gasteiger partial charge in [0.25, 0.3) is 0 Å². The second-order valence-electron chi connectivity index (χ2n) is 8.08. The van der Waals surface area contributed by atoms with Gasteiger partial charge in [-0.2, -0.15) is 0 Å². The molecule has 0 unspecified atom stereocenters. The number of aryl methyl sites for hydroxylation is 1. The number of benzene rings is 4. The Morgan fingerprint density at radius 1 is 0.788 bits per heavy atom. The topological polar surface area (TPSA) is 52.4 Å². The summed E-state index contributed by atoms with van der Waals surface area (Å²) in [7, 11) is -0.684. The van der Waals surface area contributed by atoms with E-state index in [0.29, 0.717) is 17.5 Å². The van der Waals surface area contributed by atoms with Gasteiger partial charge in [0.2, 0.25) is 0 Å². The van der Waals surface area contributed by atoms with Crippen LogP contribution >= 0.6 is 7.26 Å². The van der Waals surface area contributed by atoms with E-state index in [-0.39, 0.29) is 10.6 Å². The van der Waals surface area contributed by atoms with Crippen molar-refractivity contribution in [3.8, 4) is 5.75 Å². The molecule has 0 aliphatic heterocycles. The molecule has 0 atom stereocenters. The normalized spacial score (nSPS) is 11.2. The van der Waals surface area contributed by atoms with Crippen LogP contribution in [-0.4, -0.2) is 12.0 Å². The average Bonchev–Trinajstić information content (AvgIpc) is 2.85. The van der Waals surface area contributed by atoms with E-state index in [1.807, 2.05) is 32.0 Å². The molecule has 0 amide bonds. The predicted octanol–water partition coefficient (Wildman–Crippen LogP) is 5.71. The highest BCUT2D eigenvalue weighted by molar-refractivity contribution is 7.95. The van der Waals surface area contributed by atoms with Gasteiger partial charge in [-0.05, 0) is 61.9 Å². The number of nitro benzene ring substituents is 1. The second kappa shape index (κ2) is 9.56. The summed E-state index contributed by atoms with van der Waals surface area (Å²) in [5.41, 5.74) is 2.73. The van der Waals surface area contributed by atoms with Crippen LogP contribution < -0.4 is 20.7 Å². The first-order chi connectivity index (χ1) is 16.0. The predicted molar refractivity (Wildman–Crippen MR) is 138 cm³/mol. The molecule has 0 N–H and O–H groups in total. The lowest BCUT2D eigenvalue weighted by atomic mass is 10.0.